The van der Waals surface area contributed by atoms with Gasteiger partial charge < -0.3 is 4.74 Å². The fourth-order valence-electron chi connectivity index (χ4n) is 1.18. The molecule has 76 valence electrons. The maximum Gasteiger partial charge on any atom is 0.281 e. The Morgan fingerprint density at radius 3 is 2.64 bits per heavy atom. The number of hydrogen-bond acceptors (Lipinski definition) is 3. The van der Waals surface area contributed by atoms with E-state index in [0.29, 0.717) is 11.8 Å². The molecular weight excluding hydrogens is 192 g/mol. The van der Waals surface area contributed by atoms with Crippen LogP contribution in [0.3, 0.4) is 0 Å². The Morgan fingerprint density at radius 2 is 2.21 bits per heavy atom. The van der Waals surface area contributed by atoms with Crippen LogP contribution in [-0.2, 0) is 0 Å². The summed E-state index contributed by atoms with van der Waals surface area (Å²) in [4.78, 5) is 14.1. The van der Waals surface area contributed by atoms with Gasteiger partial charge in [0, 0.05) is 11.8 Å². The second kappa shape index (κ2) is 4.13. The summed E-state index contributed by atoms with van der Waals surface area (Å²) in [7, 11) is 1.32. The minimum Gasteiger partial charge on any atom is -0.496 e. The molecule has 0 atom stereocenters. The molecule has 0 saturated carbocycles. The summed E-state index contributed by atoms with van der Waals surface area (Å²) in [5.74, 6) is 0.158. The third-order valence-corrected chi connectivity index (χ3v) is 1.80. The molecule has 1 heterocycles. The van der Waals surface area contributed by atoms with Crippen molar-refractivity contribution >= 4 is 6.29 Å². The quantitative estimate of drug-likeness (QED) is 0.703. The summed E-state index contributed by atoms with van der Waals surface area (Å²) < 4.78 is 29.6. The highest BCUT2D eigenvalue weighted by atomic mass is 19.3. The Labute approximate surface area is 79.7 Å². The lowest BCUT2D eigenvalue weighted by Gasteiger charge is -2.10. The molecule has 0 unspecified atom stereocenters. The Balaban J connectivity index is 3.40. The molecule has 1 aromatic heterocycles. The summed E-state index contributed by atoms with van der Waals surface area (Å²) in [6, 6.07) is 0. The summed E-state index contributed by atoms with van der Waals surface area (Å²) in [6.07, 6.45) is -1.18. The lowest BCUT2D eigenvalue weighted by atomic mass is 10.1. The summed E-state index contributed by atoms with van der Waals surface area (Å²) in [6.45, 7) is 1.63. The molecule has 14 heavy (non-hydrogen) atoms. The zero-order chi connectivity index (χ0) is 10.7. The monoisotopic (exact) mass is 201 g/mol. The van der Waals surface area contributed by atoms with Crippen LogP contribution < -0.4 is 4.74 Å². The van der Waals surface area contributed by atoms with Crippen molar-refractivity contribution in [2.45, 2.75) is 13.3 Å². The molecule has 0 aliphatic rings. The number of aryl methyl sites for hydroxylation is 1. The van der Waals surface area contributed by atoms with Gasteiger partial charge in [0.2, 0.25) is 0 Å². The number of ether oxygens (including phenoxy) is 1. The molecule has 1 rings (SSSR count). The van der Waals surface area contributed by atoms with Gasteiger partial charge in [-0.05, 0) is 6.92 Å². The van der Waals surface area contributed by atoms with Crippen LogP contribution in [-0.4, -0.2) is 18.4 Å². The Bertz CT molecular complexity index is 353. The van der Waals surface area contributed by atoms with Crippen molar-refractivity contribution in [2.75, 3.05) is 7.11 Å². The van der Waals surface area contributed by atoms with Gasteiger partial charge in [0.25, 0.3) is 6.43 Å². The maximum atomic E-state index is 12.4. The van der Waals surface area contributed by atoms with Gasteiger partial charge in [-0.25, -0.2) is 8.78 Å². The van der Waals surface area contributed by atoms with Crippen LogP contribution in [0.2, 0.25) is 0 Å². The van der Waals surface area contributed by atoms with E-state index in [9.17, 15) is 13.6 Å². The van der Waals surface area contributed by atoms with E-state index < -0.39 is 12.1 Å². The molecule has 0 aliphatic heterocycles. The highest BCUT2D eigenvalue weighted by Crippen LogP contribution is 2.28. The van der Waals surface area contributed by atoms with Gasteiger partial charge in [0.1, 0.15) is 11.4 Å². The maximum absolute atomic E-state index is 12.4. The van der Waals surface area contributed by atoms with Crippen molar-refractivity contribution in [1.82, 2.24) is 4.98 Å². The van der Waals surface area contributed by atoms with E-state index in [2.05, 4.69) is 4.98 Å². The topological polar surface area (TPSA) is 39.2 Å². The van der Waals surface area contributed by atoms with Gasteiger partial charge >= 0.3 is 0 Å². The smallest absolute Gasteiger partial charge is 0.281 e. The fraction of sp³-hybridized carbons (Fsp3) is 0.333. The van der Waals surface area contributed by atoms with E-state index in [1.807, 2.05) is 0 Å². The van der Waals surface area contributed by atoms with Crippen molar-refractivity contribution in [3.8, 4) is 5.75 Å². The largest absolute Gasteiger partial charge is 0.496 e. The zero-order valence-electron chi connectivity index (χ0n) is 7.75. The first-order chi connectivity index (χ1) is 6.61. The molecule has 0 amide bonds. The Hall–Kier alpha value is -1.52. The van der Waals surface area contributed by atoms with Gasteiger partial charge in [-0.3, -0.25) is 9.78 Å². The number of hydrogen-bond donors (Lipinski definition) is 0. The summed E-state index contributed by atoms with van der Waals surface area (Å²) in [5.41, 5.74) is -0.163. The molecule has 5 heteroatoms. The predicted molar refractivity (Wildman–Crippen MR) is 45.9 cm³/mol. The predicted octanol–water partition coefficient (Wildman–Crippen LogP) is 2.15. The summed E-state index contributed by atoms with van der Waals surface area (Å²) >= 11 is 0. The van der Waals surface area contributed by atoms with E-state index in [-0.39, 0.29) is 11.3 Å². The molecule has 0 saturated heterocycles. The first-order valence-electron chi connectivity index (χ1n) is 3.88. The number of alkyl halides is 2. The fourth-order valence-corrected chi connectivity index (χ4v) is 1.18. The molecule has 0 bridgehead atoms. The first kappa shape index (κ1) is 10.6. The van der Waals surface area contributed by atoms with Crippen LogP contribution in [0, 0.1) is 6.92 Å². The van der Waals surface area contributed by atoms with Gasteiger partial charge in [-0.2, -0.15) is 0 Å². The molecular formula is C9H9F2NO2. The molecule has 3 nitrogen and oxygen atoms in total. The van der Waals surface area contributed by atoms with Crippen molar-refractivity contribution in [1.29, 1.82) is 0 Å². The third-order valence-electron chi connectivity index (χ3n) is 1.80. The van der Waals surface area contributed by atoms with Crippen LogP contribution in [0.15, 0.2) is 6.20 Å². The molecule has 0 aromatic carbocycles. The highest BCUT2D eigenvalue weighted by Gasteiger charge is 2.19. The van der Waals surface area contributed by atoms with Gasteiger partial charge in [-0.1, -0.05) is 0 Å². The number of aldehydes is 1. The van der Waals surface area contributed by atoms with Crippen molar-refractivity contribution in [3.05, 3.63) is 23.0 Å². The van der Waals surface area contributed by atoms with E-state index in [1.165, 1.54) is 13.3 Å². The van der Waals surface area contributed by atoms with Crippen molar-refractivity contribution in [3.63, 3.8) is 0 Å². The number of pyridine rings is 1. The number of rotatable bonds is 3. The first-order valence-corrected chi connectivity index (χ1v) is 3.88. The lowest BCUT2D eigenvalue weighted by Crippen LogP contribution is -2.02. The molecule has 0 radical (unpaired) electrons. The number of carbonyl (C=O) groups excluding carboxylic acids is 1. The third kappa shape index (κ3) is 1.71. The number of halogens is 2. The van der Waals surface area contributed by atoms with Crippen LogP contribution in [0.25, 0.3) is 0 Å². The van der Waals surface area contributed by atoms with Crippen LogP contribution in [0.4, 0.5) is 8.78 Å². The van der Waals surface area contributed by atoms with E-state index in [1.54, 1.807) is 6.92 Å². The molecule has 0 fully saturated rings. The minimum absolute atomic E-state index is 0.158. The molecule has 0 N–H and O–H groups in total. The number of nitrogens with zero attached hydrogens (tertiary/aromatic N) is 1. The highest BCUT2D eigenvalue weighted by molar-refractivity contribution is 5.81. The molecule has 0 spiro atoms. The molecule has 0 aliphatic carbocycles. The second-order valence-corrected chi connectivity index (χ2v) is 2.69. The van der Waals surface area contributed by atoms with Gasteiger partial charge in [0.15, 0.2) is 6.29 Å². The van der Waals surface area contributed by atoms with Crippen LogP contribution in [0.1, 0.15) is 28.0 Å². The van der Waals surface area contributed by atoms with Crippen molar-refractivity contribution < 1.29 is 18.3 Å². The summed E-state index contributed by atoms with van der Waals surface area (Å²) in [5, 5.41) is 0. The Kier molecular flexibility index (Phi) is 3.11. The average molecular weight is 201 g/mol. The number of aromatic nitrogens is 1. The van der Waals surface area contributed by atoms with E-state index >= 15 is 0 Å². The zero-order valence-corrected chi connectivity index (χ0v) is 7.75. The number of carbonyl (C=O) groups is 1. The van der Waals surface area contributed by atoms with Gasteiger partial charge in [0.05, 0.1) is 12.7 Å². The van der Waals surface area contributed by atoms with Crippen LogP contribution >= 0.6 is 0 Å². The second-order valence-electron chi connectivity index (χ2n) is 2.69. The van der Waals surface area contributed by atoms with Crippen molar-refractivity contribution in [2.24, 2.45) is 0 Å². The van der Waals surface area contributed by atoms with Crippen LogP contribution in [0.5, 0.6) is 5.75 Å². The minimum atomic E-state index is -2.77. The van der Waals surface area contributed by atoms with E-state index in [0.717, 1.165) is 0 Å². The standard InChI is InChI=1S/C9H9F2NO2/c1-5-3-12-7(9(10)11)6(4-13)8(5)14-2/h3-4,9H,1-2H3. The average Bonchev–Trinajstić information content (AvgIpc) is 2.16. The van der Waals surface area contributed by atoms with Gasteiger partial charge in [-0.15, -0.1) is 0 Å². The number of methoxy groups -OCH3 is 1. The molecule has 1 aromatic rings. The normalized spacial score (nSPS) is 10.4. The lowest BCUT2D eigenvalue weighted by molar-refractivity contribution is 0.109. The Morgan fingerprint density at radius 1 is 1.57 bits per heavy atom. The van der Waals surface area contributed by atoms with E-state index in [4.69, 9.17) is 4.74 Å². The SMILES string of the molecule is COc1c(C)cnc(C(F)F)c1C=O.